The predicted octanol–water partition coefficient (Wildman–Crippen LogP) is 1.61. The van der Waals surface area contributed by atoms with Gasteiger partial charge in [-0.25, -0.2) is 0 Å². The van der Waals surface area contributed by atoms with E-state index in [0.717, 1.165) is 6.42 Å². The molecule has 0 aromatic heterocycles. The molecule has 1 saturated heterocycles. The zero-order valence-electron chi connectivity index (χ0n) is 7.72. The maximum absolute atomic E-state index is 9.49. The molecule has 0 spiro atoms. The van der Waals surface area contributed by atoms with Crippen LogP contribution in [0.25, 0.3) is 0 Å². The molecule has 0 amide bonds. The van der Waals surface area contributed by atoms with Gasteiger partial charge in [-0.1, -0.05) is 6.92 Å². The SMILES string of the molecule is CCC1(C)OC(C)(C)CN1O. The molecular formula is C8H17NO2. The molecule has 1 fully saturated rings. The molecule has 0 radical (unpaired) electrons. The highest BCUT2D eigenvalue weighted by atomic mass is 16.6. The van der Waals surface area contributed by atoms with Gasteiger partial charge in [0, 0.05) is 0 Å². The first-order valence-electron chi connectivity index (χ1n) is 4.06. The third-order valence-electron chi connectivity index (χ3n) is 2.23. The molecule has 0 aliphatic carbocycles. The van der Waals surface area contributed by atoms with E-state index in [4.69, 9.17) is 4.74 Å². The fraction of sp³-hybridized carbons (Fsp3) is 1.00. The molecule has 11 heavy (non-hydrogen) atoms. The third-order valence-corrected chi connectivity index (χ3v) is 2.23. The van der Waals surface area contributed by atoms with Crippen LogP contribution in [0.1, 0.15) is 34.1 Å². The van der Waals surface area contributed by atoms with Gasteiger partial charge in [0.1, 0.15) is 5.72 Å². The molecule has 0 bridgehead atoms. The fourth-order valence-corrected chi connectivity index (χ4v) is 1.46. The summed E-state index contributed by atoms with van der Waals surface area (Å²) >= 11 is 0. The quantitative estimate of drug-likeness (QED) is 0.631. The summed E-state index contributed by atoms with van der Waals surface area (Å²) in [6.07, 6.45) is 0.799. The van der Waals surface area contributed by atoms with Crippen molar-refractivity contribution in [1.82, 2.24) is 5.06 Å². The third kappa shape index (κ3) is 1.55. The van der Waals surface area contributed by atoms with Gasteiger partial charge in [0.2, 0.25) is 0 Å². The normalized spacial score (nSPS) is 37.9. The van der Waals surface area contributed by atoms with Crippen molar-refractivity contribution in [1.29, 1.82) is 0 Å². The predicted molar refractivity (Wildman–Crippen MR) is 42.4 cm³/mol. The molecule has 1 aliphatic rings. The topological polar surface area (TPSA) is 32.7 Å². The second-order valence-electron chi connectivity index (χ2n) is 3.95. The minimum Gasteiger partial charge on any atom is -0.351 e. The van der Waals surface area contributed by atoms with E-state index in [1.807, 2.05) is 27.7 Å². The Bertz CT molecular complexity index is 158. The summed E-state index contributed by atoms with van der Waals surface area (Å²) in [6.45, 7) is 8.46. The summed E-state index contributed by atoms with van der Waals surface area (Å²) in [5.41, 5.74) is -0.705. The standard InChI is InChI=1S/C8H17NO2/c1-5-8(4)9(10)6-7(2,3)11-8/h10H,5-6H2,1-4H3. The summed E-state index contributed by atoms with van der Waals surface area (Å²) in [5, 5.41) is 10.8. The molecule has 3 heteroatoms. The minimum absolute atomic E-state index is 0.223. The molecule has 0 aromatic carbocycles. The largest absolute Gasteiger partial charge is 0.351 e. The van der Waals surface area contributed by atoms with E-state index in [1.165, 1.54) is 5.06 Å². The Labute approximate surface area is 67.9 Å². The average molecular weight is 159 g/mol. The van der Waals surface area contributed by atoms with Gasteiger partial charge in [-0.2, -0.15) is 5.06 Å². The van der Waals surface area contributed by atoms with E-state index in [9.17, 15) is 5.21 Å². The summed E-state index contributed by atoms with van der Waals surface area (Å²) in [4.78, 5) is 0. The molecule has 3 nitrogen and oxygen atoms in total. The van der Waals surface area contributed by atoms with E-state index in [2.05, 4.69) is 0 Å². The lowest BCUT2D eigenvalue weighted by molar-refractivity contribution is -0.224. The number of hydrogen-bond acceptors (Lipinski definition) is 3. The van der Waals surface area contributed by atoms with Crippen LogP contribution in [0.4, 0.5) is 0 Å². The lowest BCUT2D eigenvalue weighted by atomic mass is 10.1. The van der Waals surface area contributed by atoms with Crippen molar-refractivity contribution >= 4 is 0 Å². The zero-order valence-corrected chi connectivity index (χ0v) is 7.72. The first kappa shape index (κ1) is 8.97. The lowest BCUT2D eigenvalue weighted by Crippen LogP contribution is -2.38. The minimum atomic E-state index is -0.483. The Kier molecular flexibility index (Phi) is 1.99. The monoisotopic (exact) mass is 159 g/mol. The number of hydrogen-bond donors (Lipinski definition) is 1. The van der Waals surface area contributed by atoms with Crippen LogP contribution < -0.4 is 0 Å². The molecule has 0 aromatic rings. The van der Waals surface area contributed by atoms with Crippen molar-refractivity contribution in [2.24, 2.45) is 0 Å². The smallest absolute Gasteiger partial charge is 0.141 e. The van der Waals surface area contributed by atoms with Crippen LogP contribution in [-0.2, 0) is 4.74 Å². The highest BCUT2D eigenvalue weighted by Crippen LogP contribution is 2.33. The van der Waals surface area contributed by atoms with E-state index in [-0.39, 0.29) is 5.60 Å². The van der Waals surface area contributed by atoms with Gasteiger partial charge in [0.25, 0.3) is 0 Å². The van der Waals surface area contributed by atoms with Crippen LogP contribution in [0, 0.1) is 0 Å². The van der Waals surface area contributed by atoms with Crippen LogP contribution in [0.3, 0.4) is 0 Å². The van der Waals surface area contributed by atoms with E-state index in [0.29, 0.717) is 6.54 Å². The van der Waals surface area contributed by atoms with Crippen molar-refractivity contribution in [2.75, 3.05) is 6.54 Å². The summed E-state index contributed by atoms with van der Waals surface area (Å²) in [7, 11) is 0. The molecule has 1 aliphatic heterocycles. The maximum Gasteiger partial charge on any atom is 0.141 e. The van der Waals surface area contributed by atoms with Crippen LogP contribution in [0.15, 0.2) is 0 Å². The second kappa shape index (κ2) is 2.44. The Morgan fingerprint density at radius 2 is 2.00 bits per heavy atom. The van der Waals surface area contributed by atoms with E-state index in [1.54, 1.807) is 0 Å². The highest BCUT2D eigenvalue weighted by Gasteiger charge is 2.45. The Morgan fingerprint density at radius 3 is 2.18 bits per heavy atom. The second-order valence-corrected chi connectivity index (χ2v) is 3.95. The summed E-state index contributed by atoms with van der Waals surface area (Å²) in [5.74, 6) is 0. The molecular weight excluding hydrogens is 142 g/mol. The summed E-state index contributed by atoms with van der Waals surface area (Å²) < 4.78 is 5.67. The van der Waals surface area contributed by atoms with Crippen molar-refractivity contribution in [2.45, 2.75) is 45.4 Å². The maximum atomic E-state index is 9.49. The lowest BCUT2D eigenvalue weighted by Gasteiger charge is -2.28. The van der Waals surface area contributed by atoms with Crippen molar-refractivity contribution in [3.8, 4) is 0 Å². The Balaban J connectivity index is 2.73. The van der Waals surface area contributed by atoms with Crippen LogP contribution in [-0.4, -0.2) is 28.1 Å². The van der Waals surface area contributed by atoms with Gasteiger partial charge < -0.3 is 9.94 Å². The molecule has 1 unspecified atom stereocenters. The van der Waals surface area contributed by atoms with Crippen LogP contribution >= 0.6 is 0 Å². The number of nitrogens with zero attached hydrogens (tertiary/aromatic N) is 1. The van der Waals surface area contributed by atoms with Gasteiger partial charge in [-0.3, -0.25) is 0 Å². The molecule has 1 atom stereocenters. The van der Waals surface area contributed by atoms with Crippen LogP contribution in [0.5, 0.6) is 0 Å². The molecule has 1 rings (SSSR count). The molecule has 1 N–H and O–H groups in total. The van der Waals surface area contributed by atoms with Crippen molar-refractivity contribution in [3.05, 3.63) is 0 Å². The van der Waals surface area contributed by atoms with Crippen molar-refractivity contribution < 1.29 is 9.94 Å². The first-order valence-corrected chi connectivity index (χ1v) is 4.06. The average Bonchev–Trinajstić information content (AvgIpc) is 2.03. The zero-order chi connectivity index (χ0) is 8.70. The highest BCUT2D eigenvalue weighted by molar-refractivity contribution is 4.87. The van der Waals surface area contributed by atoms with Crippen LogP contribution in [0.2, 0.25) is 0 Å². The molecule has 0 saturated carbocycles. The van der Waals surface area contributed by atoms with E-state index < -0.39 is 5.72 Å². The Morgan fingerprint density at radius 1 is 1.45 bits per heavy atom. The van der Waals surface area contributed by atoms with Gasteiger partial charge in [0.05, 0.1) is 12.1 Å². The van der Waals surface area contributed by atoms with E-state index >= 15 is 0 Å². The van der Waals surface area contributed by atoms with Gasteiger partial charge in [0.15, 0.2) is 0 Å². The van der Waals surface area contributed by atoms with Gasteiger partial charge in [-0.05, 0) is 27.2 Å². The fourth-order valence-electron chi connectivity index (χ4n) is 1.46. The Hall–Kier alpha value is -0.120. The molecule has 66 valence electrons. The summed E-state index contributed by atoms with van der Waals surface area (Å²) in [6, 6.07) is 0. The van der Waals surface area contributed by atoms with Gasteiger partial charge in [-0.15, -0.1) is 0 Å². The molecule has 1 heterocycles. The number of rotatable bonds is 1. The number of hydroxylamine groups is 2. The first-order chi connectivity index (χ1) is 4.90. The van der Waals surface area contributed by atoms with Gasteiger partial charge >= 0.3 is 0 Å². The number of ether oxygens (including phenoxy) is 1. The van der Waals surface area contributed by atoms with Crippen molar-refractivity contribution in [3.63, 3.8) is 0 Å².